The van der Waals surface area contributed by atoms with Gasteiger partial charge in [0.1, 0.15) is 0 Å². The summed E-state index contributed by atoms with van der Waals surface area (Å²) in [6.45, 7) is 8.32. The summed E-state index contributed by atoms with van der Waals surface area (Å²) in [6, 6.07) is 6.39. The first kappa shape index (κ1) is 18.1. The van der Waals surface area contributed by atoms with Crippen LogP contribution in [0, 0.1) is 13.8 Å². The highest BCUT2D eigenvalue weighted by Crippen LogP contribution is 2.22. The van der Waals surface area contributed by atoms with Crippen molar-refractivity contribution in [3.8, 4) is 0 Å². The van der Waals surface area contributed by atoms with E-state index >= 15 is 0 Å². The van der Waals surface area contributed by atoms with Gasteiger partial charge in [-0.1, -0.05) is 13.0 Å². The van der Waals surface area contributed by atoms with Gasteiger partial charge in [0.15, 0.2) is 0 Å². The Hall–Kier alpha value is -1.00. The van der Waals surface area contributed by atoms with E-state index in [9.17, 15) is 4.79 Å². The maximum atomic E-state index is 12.0. The van der Waals surface area contributed by atoms with Crippen LogP contribution < -0.4 is 5.32 Å². The predicted octanol–water partition coefficient (Wildman–Crippen LogP) is 3.45. The van der Waals surface area contributed by atoms with Crippen LogP contribution in [-0.2, 0) is 4.79 Å². The number of rotatable bonds is 8. The fourth-order valence-electron chi connectivity index (χ4n) is 2.04. The third-order valence-corrected chi connectivity index (χ3v) is 4.96. The first-order valence-corrected chi connectivity index (χ1v) is 8.50. The van der Waals surface area contributed by atoms with Crippen molar-refractivity contribution < 1.29 is 9.90 Å². The van der Waals surface area contributed by atoms with E-state index in [1.807, 2.05) is 13.8 Å². The van der Waals surface area contributed by atoms with E-state index in [2.05, 4.69) is 37.4 Å². The van der Waals surface area contributed by atoms with Crippen molar-refractivity contribution in [2.45, 2.75) is 57.4 Å². The van der Waals surface area contributed by atoms with Crippen LogP contribution in [0.5, 0.6) is 0 Å². The molecule has 1 aromatic carbocycles. The summed E-state index contributed by atoms with van der Waals surface area (Å²) in [4.78, 5) is 13.2. The molecule has 0 saturated carbocycles. The molecule has 0 saturated heterocycles. The van der Waals surface area contributed by atoms with Crippen molar-refractivity contribution in [1.29, 1.82) is 0 Å². The number of amides is 1. The second-order valence-electron chi connectivity index (χ2n) is 5.78. The number of nitrogens with one attached hydrogen (secondary N) is 1. The Kier molecular flexibility index (Phi) is 7.26. The maximum absolute atomic E-state index is 12.0. The van der Waals surface area contributed by atoms with E-state index in [-0.39, 0.29) is 18.1 Å². The van der Waals surface area contributed by atoms with E-state index in [0.29, 0.717) is 12.8 Å². The van der Waals surface area contributed by atoms with Gasteiger partial charge in [-0.15, -0.1) is 11.8 Å². The lowest BCUT2D eigenvalue weighted by Crippen LogP contribution is -2.46. The molecule has 0 aliphatic heterocycles. The van der Waals surface area contributed by atoms with E-state index in [1.54, 1.807) is 11.8 Å². The van der Waals surface area contributed by atoms with Crippen LogP contribution >= 0.6 is 11.8 Å². The lowest BCUT2D eigenvalue weighted by Gasteiger charge is -2.29. The third kappa shape index (κ3) is 6.10. The van der Waals surface area contributed by atoms with Crippen molar-refractivity contribution >= 4 is 17.7 Å². The molecule has 21 heavy (non-hydrogen) atoms. The zero-order valence-electron chi connectivity index (χ0n) is 13.5. The Bertz CT molecular complexity index is 476. The number of aliphatic hydroxyl groups is 1. The Labute approximate surface area is 132 Å². The zero-order chi connectivity index (χ0) is 15.9. The van der Waals surface area contributed by atoms with Crippen LogP contribution in [0.3, 0.4) is 0 Å². The number of carbonyl (C=O) groups excluding carboxylic acids is 1. The Morgan fingerprint density at radius 1 is 1.33 bits per heavy atom. The summed E-state index contributed by atoms with van der Waals surface area (Å²) < 4.78 is 0. The number of hydrogen-bond acceptors (Lipinski definition) is 3. The number of hydrogen-bond donors (Lipinski definition) is 2. The van der Waals surface area contributed by atoms with Gasteiger partial charge in [0.05, 0.1) is 0 Å². The highest BCUT2D eigenvalue weighted by atomic mass is 32.2. The van der Waals surface area contributed by atoms with Crippen LogP contribution in [0.15, 0.2) is 23.1 Å². The number of thioether (sulfide) groups is 1. The zero-order valence-corrected chi connectivity index (χ0v) is 14.3. The van der Waals surface area contributed by atoms with Crippen LogP contribution in [0.1, 0.15) is 44.2 Å². The summed E-state index contributed by atoms with van der Waals surface area (Å²) >= 11 is 1.71. The molecule has 118 valence electrons. The highest BCUT2D eigenvalue weighted by Gasteiger charge is 2.23. The molecule has 3 nitrogen and oxygen atoms in total. The van der Waals surface area contributed by atoms with Crippen LogP contribution in [0.4, 0.5) is 0 Å². The minimum Gasteiger partial charge on any atom is -0.396 e. The Balaban J connectivity index is 2.41. The van der Waals surface area contributed by atoms with Gasteiger partial charge < -0.3 is 10.4 Å². The van der Waals surface area contributed by atoms with E-state index in [1.165, 1.54) is 16.0 Å². The van der Waals surface area contributed by atoms with Gasteiger partial charge in [-0.25, -0.2) is 0 Å². The molecule has 0 aliphatic carbocycles. The molecule has 0 fully saturated rings. The van der Waals surface area contributed by atoms with Crippen molar-refractivity contribution in [2.24, 2.45) is 0 Å². The van der Waals surface area contributed by atoms with Gasteiger partial charge >= 0.3 is 0 Å². The summed E-state index contributed by atoms with van der Waals surface area (Å²) in [5, 5.41) is 12.1. The predicted molar refractivity (Wildman–Crippen MR) is 89.8 cm³/mol. The monoisotopic (exact) mass is 309 g/mol. The first-order valence-electron chi connectivity index (χ1n) is 7.52. The van der Waals surface area contributed by atoms with Gasteiger partial charge in [-0.2, -0.15) is 0 Å². The molecule has 2 N–H and O–H groups in total. The van der Waals surface area contributed by atoms with Crippen molar-refractivity contribution in [2.75, 3.05) is 12.4 Å². The van der Waals surface area contributed by atoms with Crippen LogP contribution in [0.25, 0.3) is 0 Å². The summed E-state index contributed by atoms with van der Waals surface area (Å²) in [5.74, 6) is 0.830. The normalized spacial score (nSPS) is 13.8. The van der Waals surface area contributed by atoms with Crippen molar-refractivity contribution in [3.63, 3.8) is 0 Å². The standard InChI is InChI=1S/C17H27NO2S/c1-5-17(4,9-10-19)18-16(20)8-11-21-15-7-6-13(2)14(3)12-15/h6-7,12,19H,5,8-11H2,1-4H3,(H,18,20). The topological polar surface area (TPSA) is 49.3 Å². The van der Waals surface area contributed by atoms with E-state index < -0.39 is 0 Å². The number of aryl methyl sites for hydroxylation is 2. The smallest absolute Gasteiger partial charge is 0.221 e. The minimum atomic E-state index is -0.295. The van der Waals surface area contributed by atoms with Crippen LogP contribution in [-0.4, -0.2) is 28.9 Å². The Morgan fingerprint density at radius 3 is 2.62 bits per heavy atom. The maximum Gasteiger partial charge on any atom is 0.221 e. The largest absolute Gasteiger partial charge is 0.396 e. The molecular formula is C17H27NO2S. The molecule has 1 unspecified atom stereocenters. The molecule has 0 heterocycles. The lowest BCUT2D eigenvalue weighted by atomic mass is 9.95. The van der Waals surface area contributed by atoms with Crippen molar-refractivity contribution in [1.82, 2.24) is 5.32 Å². The molecule has 1 rings (SSSR count). The summed E-state index contributed by atoms with van der Waals surface area (Å²) in [5.41, 5.74) is 2.28. The van der Waals surface area contributed by atoms with E-state index in [0.717, 1.165) is 12.2 Å². The number of benzene rings is 1. The van der Waals surface area contributed by atoms with Crippen molar-refractivity contribution in [3.05, 3.63) is 29.3 Å². The lowest BCUT2D eigenvalue weighted by molar-refractivity contribution is -0.122. The molecule has 0 spiro atoms. The molecular weight excluding hydrogens is 282 g/mol. The van der Waals surface area contributed by atoms with Gasteiger partial charge in [0.2, 0.25) is 5.91 Å². The minimum absolute atomic E-state index is 0.0594. The van der Waals surface area contributed by atoms with Gasteiger partial charge in [0.25, 0.3) is 0 Å². The fraction of sp³-hybridized carbons (Fsp3) is 0.588. The molecule has 0 bridgehead atoms. The third-order valence-electron chi connectivity index (χ3n) is 3.96. The molecule has 1 aromatic rings. The van der Waals surface area contributed by atoms with Gasteiger partial charge in [0, 0.05) is 29.2 Å². The number of carbonyl (C=O) groups is 1. The second kappa shape index (κ2) is 8.44. The van der Waals surface area contributed by atoms with Gasteiger partial charge in [-0.3, -0.25) is 4.79 Å². The van der Waals surface area contributed by atoms with E-state index in [4.69, 9.17) is 5.11 Å². The molecule has 1 atom stereocenters. The average Bonchev–Trinajstić information content (AvgIpc) is 2.43. The molecule has 0 radical (unpaired) electrons. The SMILES string of the molecule is CCC(C)(CCO)NC(=O)CCSc1ccc(C)c(C)c1. The average molecular weight is 309 g/mol. The molecule has 4 heteroatoms. The summed E-state index contributed by atoms with van der Waals surface area (Å²) in [6.07, 6.45) is 1.92. The summed E-state index contributed by atoms with van der Waals surface area (Å²) in [7, 11) is 0. The van der Waals surface area contributed by atoms with Crippen LogP contribution in [0.2, 0.25) is 0 Å². The molecule has 1 amide bonds. The quantitative estimate of drug-likeness (QED) is 0.723. The highest BCUT2D eigenvalue weighted by molar-refractivity contribution is 7.99. The van der Waals surface area contributed by atoms with Gasteiger partial charge in [-0.05, 0) is 56.9 Å². The number of aliphatic hydroxyl groups excluding tert-OH is 1. The fourth-order valence-corrected chi connectivity index (χ4v) is 2.99. The molecule has 0 aromatic heterocycles. The molecule has 0 aliphatic rings. The second-order valence-corrected chi connectivity index (χ2v) is 6.95. The first-order chi connectivity index (χ1) is 9.90. The Morgan fingerprint density at radius 2 is 2.05 bits per heavy atom.